The van der Waals surface area contributed by atoms with E-state index in [4.69, 9.17) is 9.26 Å². The van der Waals surface area contributed by atoms with Gasteiger partial charge in [0.25, 0.3) is 5.91 Å². The number of benzene rings is 1. The second-order valence-electron chi connectivity index (χ2n) is 6.76. The predicted octanol–water partition coefficient (Wildman–Crippen LogP) is 2.10. The van der Waals surface area contributed by atoms with Crippen molar-refractivity contribution < 1.29 is 14.1 Å². The number of methoxy groups -OCH3 is 1. The van der Waals surface area contributed by atoms with Crippen LogP contribution in [0.4, 0.5) is 0 Å². The van der Waals surface area contributed by atoms with Gasteiger partial charge in [0, 0.05) is 44.2 Å². The van der Waals surface area contributed by atoms with Crippen LogP contribution in [0.5, 0.6) is 0 Å². The number of nitrogens with one attached hydrogen (secondary N) is 1. The van der Waals surface area contributed by atoms with Gasteiger partial charge in [-0.25, -0.2) is 4.98 Å². The molecule has 8 nitrogen and oxygen atoms in total. The third-order valence-electron chi connectivity index (χ3n) is 4.94. The molecule has 3 heterocycles. The summed E-state index contributed by atoms with van der Waals surface area (Å²) in [6, 6.07) is 9.34. The Morgan fingerprint density at radius 3 is 2.93 bits per heavy atom. The van der Waals surface area contributed by atoms with E-state index >= 15 is 0 Å². The number of ether oxygens (including phenoxy) is 1. The molecule has 27 heavy (non-hydrogen) atoms. The minimum absolute atomic E-state index is 0.0414. The Morgan fingerprint density at radius 1 is 1.37 bits per heavy atom. The van der Waals surface area contributed by atoms with E-state index in [9.17, 15) is 4.79 Å². The average molecular weight is 367 g/mol. The molecule has 8 heteroatoms. The lowest BCUT2D eigenvalue weighted by Crippen LogP contribution is -2.30. The van der Waals surface area contributed by atoms with Gasteiger partial charge in [-0.3, -0.25) is 9.89 Å². The monoisotopic (exact) mass is 367 g/mol. The van der Waals surface area contributed by atoms with Gasteiger partial charge in [-0.1, -0.05) is 23.4 Å². The van der Waals surface area contributed by atoms with E-state index in [1.54, 1.807) is 7.11 Å². The van der Waals surface area contributed by atoms with Crippen LogP contribution in [0, 0.1) is 12.8 Å². The normalized spacial score (nSPS) is 19.6. The van der Waals surface area contributed by atoms with E-state index in [1.807, 2.05) is 42.2 Å². The van der Waals surface area contributed by atoms with Crippen LogP contribution >= 0.6 is 0 Å². The number of aromatic nitrogens is 4. The quantitative estimate of drug-likeness (QED) is 0.742. The van der Waals surface area contributed by atoms with E-state index in [1.165, 1.54) is 6.33 Å². The van der Waals surface area contributed by atoms with Crippen molar-refractivity contribution in [3.8, 4) is 11.4 Å². The highest BCUT2D eigenvalue weighted by Crippen LogP contribution is 2.28. The molecule has 0 aliphatic carbocycles. The Hall–Kier alpha value is -3.00. The van der Waals surface area contributed by atoms with Crippen molar-refractivity contribution in [2.75, 3.05) is 20.2 Å². The molecule has 0 bridgehead atoms. The fourth-order valence-corrected chi connectivity index (χ4v) is 3.62. The molecule has 0 saturated carbocycles. The number of nitrogens with zero attached hydrogens (tertiary/aromatic N) is 4. The highest BCUT2D eigenvalue weighted by atomic mass is 16.5. The maximum atomic E-state index is 13.2. The first-order valence-electron chi connectivity index (χ1n) is 8.84. The number of H-pyrrole nitrogens is 1. The summed E-state index contributed by atoms with van der Waals surface area (Å²) < 4.78 is 11.0. The van der Waals surface area contributed by atoms with Gasteiger partial charge in [-0.2, -0.15) is 5.10 Å². The molecule has 3 aromatic rings. The third kappa shape index (κ3) is 3.48. The summed E-state index contributed by atoms with van der Waals surface area (Å²) in [7, 11) is 1.68. The average Bonchev–Trinajstić information content (AvgIpc) is 3.43. The molecule has 2 atom stereocenters. The van der Waals surface area contributed by atoms with Crippen molar-refractivity contribution in [1.29, 1.82) is 0 Å². The Balaban J connectivity index is 1.55. The second kappa shape index (κ2) is 7.32. The van der Waals surface area contributed by atoms with E-state index in [0.29, 0.717) is 30.9 Å². The van der Waals surface area contributed by atoms with Gasteiger partial charge in [-0.15, -0.1) is 0 Å². The molecular weight excluding hydrogens is 346 g/mol. The fourth-order valence-electron chi connectivity index (χ4n) is 3.62. The summed E-state index contributed by atoms with van der Waals surface area (Å²) in [5, 5.41) is 10.7. The van der Waals surface area contributed by atoms with Crippen molar-refractivity contribution in [1.82, 2.24) is 25.2 Å². The van der Waals surface area contributed by atoms with Gasteiger partial charge in [0.15, 0.2) is 5.82 Å². The molecule has 1 fully saturated rings. The van der Waals surface area contributed by atoms with E-state index in [2.05, 4.69) is 20.3 Å². The summed E-state index contributed by atoms with van der Waals surface area (Å²) >= 11 is 0. The number of carbonyl (C=O) groups is 1. The molecule has 1 aliphatic heterocycles. The van der Waals surface area contributed by atoms with Crippen LogP contribution in [0.3, 0.4) is 0 Å². The SMILES string of the molecule is CO[C@H]1CN(C(=O)c2ccccc2-c2ncn[nH]2)C[C@H]1Cc1cc(C)no1. The standard InChI is InChI=1S/C19H21N5O3/c1-12-7-14(27-23-12)8-13-9-24(10-17(13)26-2)19(25)16-6-4-3-5-15(16)18-20-11-21-22-18/h3-7,11,13,17H,8-10H2,1-2H3,(H,20,21,22)/t13-,17+/m1/s1. The molecule has 0 radical (unpaired) electrons. The van der Waals surface area contributed by atoms with Gasteiger partial charge in [0.2, 0.25) is 0 Å². The first-order chi connectivity index (χ1) is 13.2. The molecule has 1 aliphatic rings. The maximum Gasteiger partial charge on any atom is 0.254 e. The Bertz CT molecular complexity index is 921. The number of aryl methyl sites for hydroxylation is 1. The Labute approximate surface area is 156 Å². The molecule has 140 valence electrons. The van der Waals surface area contributed by atoms with Crippen LogP contribution in [0.15, 0.2) is 41.2 Å². The van der Waals surface area contributed by atoms with Crippen LogP contribution in [-0.4, -0.2) is 57.4 Å². The topological polar surface area (TPSA) is 97.1 Å². The summed E-state index contributed by atoms with van der Waals surface area (Å²) in [4.78, 5) is 19.2. The zero-order valence-electron chi connectivity index (χ0n) is 15.3. The number of aromatic amines is 1. The molecule has 1 aromatic carbocycles. The minimum Gasteiger partial charge on any atom is -0.379 e. The van der Waals surface area contributed by atoms with Gasteiger partial charge in [0.05, 0.1) is 17.4 Å². The largest absolute Gasteiger partial charge is 0.379 e. The van der Waals surface area contributed by atoms with Crippen LogP contribution in [0.1, 0.15) is 21.8 Å². The predicted molar refractivity (Wildman–Crippen MR) is 97.0 cm³/mol. The summed E-state index contributed by atoms with van der Waals surface area (Å²) in [6.45, 7) is 3.03. The smallest absolute Gasteiger partial charge is 0.254 e. The lowest BCUT2D eigenvalue weighted by atomic mass is 10.0. The van der Waals surface area contributed by atoms with Crippen LogP contribution in [0.2, 0.25) is 0 Å². The minimum atomic E-state index is -0.0446. The van der Waals surface area contributed by atoms with E-state index in [-0.39, 0.29) is 17.9 Å². The third-order valence-corrected chi connectivity index (χ3v) is 4.94. The van der Waals surface area contributed by atoms with Crippen LogP contribution in [0.25, 0.3) is 11.4 Å². The molecule has 0 spiro atoms. The molecule has 2 aromatic heterocycles. The van der Waals surface area contributed by atoms with Gasteiger partial charge in [-0.05, 0) is 13.0 Å². The van der Waals surface area contributed by atoms with Crippen molar-refractivity contribution in [2.24, 2.45) is 5.92 Å². The Morgan fingerprint density at radius 2 is 2.22 bits per heavy atom. The van der Waals surface area contributed by atoms with Gasteiger partial charge >= 0.3 is 0 Å². The number of amides is 1. The maximum absolute atomic E-state index is 13.2. The lowest BCUT2D eigenvalue weighted by Gasteiger charge is -2.17. The molecule has 1 saturated heterocycles. The number of likely N-dealkylation sites (tertiary alicyclic amines) is 1. The molecular formula is C19H21N5O3. The molecule has 1 amide bonds. The number of carbonyl (C=O) groups excluding carboxylic acids is 1. The summed E-state index contributed by atoms with van der Waals surface area (Å²) in [5.41, 5.74) is 2.19. The number of hydrogen-bond donors (Lipinski definition) is 1. The fraction of sp³-hybridized carbons (Fsp3) is 0.368. The van der Waals surface area contributed by atoms with Gasteiger partial charge in [0.1, 0.15) is 12.1 Å². The first kappa shape index (κ1) is 17.4. The molecule has 1 N–H and O–H groups in total. The number of hydrogen-bond acceptors (Lipinski definition) is 6. The molecule has 4 rings (SSSR count). The highest BCUT2D eigenvalue weighted by Gasteiger charge is 2.37. The van der Waals surface area contributed by atoms with E-state index < -0.39 is 0 Å². The van der Waals surface area contributed by atoms with E-state index in [0.717, 1.165) is 17.0 Å². The zero-order valence-corrected chi connectivity index (χ0v) is 15.3. The summed E-state index contributed by atoms with van der Waals surface area (Å²) in [5.74, 6) is 1.51. The lowest BCUT2D eigenvalue weighted by molar-refractivity contribution is 0.0673. The van der Waals surface area contributed by atoms with Crippen molar-refractivity contribution in [3.63, 3.8) is 0 Å². The zero-order chi connectivity index (χ0) is 18.8. The van der Waals surface area contributed by atoms with Crippen LogP contribution in [-0.2, 0) is 11.2 Å². The van der Waals surface area contributed by atoms with Gasteiger partial charge < -0.3 is 14.2 Å². The van der Waals surface area contributed by atoms with Crippen molar-refractivity contribution in [2.45, 2.75) is 19.4 Å². The summed E-state index contributed by atoms with van der Waals surface area (Å²) in [6.07, 6.45) is 2.08. The number of rotatable bonds is 5. The van der Waals surface area contributed by atoms with Crippen molar-refractivity contribution in [3.05, 3.63) is 53.7 Å². The second-order valence-corrected chi connectivity index (χ2v) is 6.76. The first-order valence-corrected chi connectivity index (χ1v) is 8.84. The van der Waals surface area contributed by atoms with Crippen molar-refractivity contribution >= 4 is 5.91 Å². The van der Waals surface area contributed by atoms with Crippen LogP contribution < -0.4 is 0 Å². The Kier molecular flexibility index (Phi) is 4.72. The highest BCUT2D eigenvalue weighted by molar-refractivity contribution is 6.00. The molecule has 0 unspecified atom stereocenters.